The van der Waals surface area contributed by atoms with E-state index in [2.05, 4.69) is 0 Å². The number of ether oxygens (including phenoxy) is 2. The Hall–Kier alpha value is -4.12. The molecule has 0 saturated carbocycles. The molecule has 1 saturated heterocycles. The third-order valence-corrected chi connectivity index (χ3v) is 5.78. The number of aliphatic hydroxyl groups is 1. The summed E-state index contributed by atoms with van der Waals surface area (Å²) in [6.45, 7) is 0.977. The third kappa shape index (κ3) is 4.50. The Bertz CT molecular complexity index is 1120. The van der Waals surface area contributed by atoms with Gasteiger partial charge < -0.3 is 19.5 Å². The average Bonchev–Trinajstić information content (AvgIpc) is 2.84. The fourth-order valence-electron chi connectivity index (χ4n) is 3.76. The summed E-state index contributed by atoms with van der Waals surface area (Å²) in [4.78, 5) is 61.6. The number of amides is 1. The number of β-lactam (4-membered cyclic amide) rings is 1. The highest BCUT2D eigenvalue weighted by molar-refractivity contribution is 6.14. The molecule has 1 amide bonds. The smallest absolute Gasteiger partial charge is 0.356 e. The largest absolute Gasteiger partial charge is 0.468 e. The molecule has 1 heterocycles. The van der Waals surface area contributed by atoms with Crippen LogP contribution < -0.4 is 0 Å². The van der Waals surface area contributed by atoms with E-state index in [1.54, 1.807) is 18.2 Å². The van der Waals surface area contributed by atoms with Gasteiger partial charge in [-0.05, 0) is 24.6 Å². The van der Waals surface area contributed by atoms with E-state index in [0.29, 0.717) is 5.56 Å². The fourth-order valence-corrected chi connectivity index (χ4v) is 3.76. The Morgan fingerprint density at radius 2 is 1.79 bits per heavy atom. The number of non-ortho nitro benzene ring substituents is 1. The molecule has 2 aromatic rings. The summed E-state index contributed by atoms with van der Waals surface area (Å²) >= 11 is 0. The van der Waals surface area contributed by atoms with Crippen LogP contribution in [0.5, 0.6) is 0 Å². The number of esters is 2. The third-order valence-electron chi connectivity index (χ3n) is 5.78. The van der Waals surface area contributed by atoms with Crippen LogP contribution in [0.2, 0.25) is 0 Å². The molecule has 1 fully saturated rings. The summed E-state index contributed by atoms with van der Waals surface area (Å²) in [5, 5.41) is 21.2. The zero-order chi connectivity index (χ0) is 25.0. The molecule has 11 heteroatoms. The van der Waals surface area contributed by atoms with Crippen molar-refractivity contribution in [3.8, 4) is 0 Å². The van der Waals surface area contributed by atoms with Gasteiger partial charge in [0.1, 0.15) is 12.0 Å². The van der Waals surface area contributed by atoms with E-state index in [4.69, 9.17) is 9.47 Å². The van der Waals surface area contributed by atoms with Gasteiger partial charge in [-0.2, -0.15) is 0 Å². The lowest BCUT2D eigenvalue weighted by Gasteiger charge is -2.49. The molecule has 3 atom stereocenters. The lowest BCUT2D eigenvalue weighted by atomic mass is 9.70. The van der Waals surface area contributed by atoms with Crippen LogP contribution in [0.3, 0.4) is 0 Å². The minimum atomic E-state index is -2.07. The lowest BCUT2D eigenvalue weighted by molar-refractivity contribution is -0.384. The minimum Gasteiger partial charge on any atom is -0.468 e. The molecule has 0 aromatic heterocycles. The topological polar surface area (TPSA) is 153 Å². The van der Waals surface area contributed by atoms with E-state index >= 15 is 0 Å². The van der Waals surface area contributed by atoms with Gasteiger partial charge in [-0.1, -0.05) is 30.3 Å². The molecule has 3 unspecified atom stereocenters. The minimum absolute atomic E-state index is 0.144. The van der Waals surface area contributed by atoms with Gasteiger partial charge in [0.2, 0.25) is 12.1 Å². The van der Waals surface area contributed by atoms with E-state index in [1.165, 1.54) is 43.3 Å². The monoisotopic (exact) mass is 470 g/mol. The number of aliphatic hydroxyl groups excluding tert-OH is 1. The van der Waals surface area contributed by atoms with Crippen molar-refractivity contribution >= 4 is 29.3 Å². The first-order chi connectivity index (χ1) is 16.1. The fraction of sp³-hybridized carbons (Fsp3) is 0.304. The number of hydrogen-bond acceptors (Lipinski definition) is 9. The Kier molecular flexibility index (Phi) is 7.06. The van der Waals surface area contributed by atoms with Crippen molar-refractivity contribution in [1.29, 1.82) is 0 Å². The summed E-state index contributed by atoms with van der Waals surface area (Å²) < 4.78 is 9.86. The number of carbonyl (C=O) groups excluding carboxylic acids is 4. The number of nitrogens with zero attached hydrogens (tertiary/aromatic N) is 2. The number of likely N-dealkylation sites (tertiary alicyclic amines) is 1. The van der Waals surface area contributed by atoms with Gasteiger partial charge in [0.05, 0.1) is 18.1 Å². The summed E-state index contributed by atoms with van der Waals surface area (Å²) in [5.74, 6) is -3.39. The Morgan fingerprint density at radius 3 is 2.32 bits per heavy atom. The van der Waals surface area contributed by atoms with Crippen LogP contribution in [0.4, 0.5) is 5.69 Å². The Morgan fingerprint density at radius 1 is 1.18 bits per heavy atom. The van der Waals surface area contributed by atoms with Gasteiger partial charge in [-0.15, -0.1) is 0 Å². The van der Waals surface area contributed by atoms with Gasteiger partial charge in [0, 0.05) is 24.1 Å². The summed E-state index contributed by atoms with van der Waals surface area (Å²) in [7, 11) is 1.10. The predicted octanol–water partition coefficient (Wildman–Crippen LogP) is 1.62. The standard InChI is InChI=1S/C23H22N2O9/c1-23(22(30)33-2,19(27)15-6-4-3-5-7-15)17-12-18(26)24(17)20(28)21(29)34-13-14-8-10-16(11-9-14)25(31)32/h3-11,17,20,28H,12-13H2,1-2H3. The lowest BCUT2D eigenvalue weighted by Crippen LogP contribution is -2.68. The molecule has 0 bridgehead atoms. The van der Waals surface area contributed by atoms with Gasteiger partial charge in [0.25, 0.3) is 5.69 Å². The van der Waals surface area contributed by atoms with Crippen LogP contribution in [-0.2, 0) is 30.5 Å². The molecule has 2 aromatic carbocycles. The maximum absolute atomic E-state index is 13.2. The number of carbonyl (C=O) groups is 4. The first-order valence-electron chi connectivity index (χ1n) is 10.2. The normalized spacial score (nSPS) is 17.7. The zero-order valence-corrected chi connectivity index (χ0v) is 18.4. The Labute approximate surface area is 194 Å². The number of hydrogen-bond donors (Lipinski definition) is 1. The van der Waals surface area contributed by atoms with Crippen molar-refractivity contribution in [2.24, 2.45) is 5.41 Å². The summed E-state index contributed by atoms with van der Waals surface area (Å²) in [5.41, 5.74) is -1.42. The molecular weight excluding hydrogens is 448 g/mol. The first kappa shape index (κ1) is 24.5. The number of benzene rings is 2. The first-order valence-corrected chi connectivity index (χ1v) is 10.2. The van der Waals surface area contributed by atoms with Gasteiger partial charge in [0.15, 0.2) is 5.78 Å². The predicted molar refractivity (Wildman–Crippen MR) is 115 cm³/mol. The van der Waals surface area contributed by atoms with Crippen LogP contribution >= 0.6 is 0 Å². The average molecular weight is 470 g/mol. The highest BCUT2D eigenvalue weighted by atomic mass is 16.6. The van der Waals surface area contributed by atoms with Crippen LogP contribution in [0.15, 0.2) is 54.6 Å². The molecule has 1 aliphatic heterocycles. The number of nitro benzene ring substituents is 1. The van der Waals surface area contributed by atoms with Crippen molar-refractivity contribution in [1.82, 2.24) is 4.90 Å². The molecule has 0 spiro atoms. The molecule has 3 rings (SSSR count). The second-order valence-corrected chi connectivity index (χ2v) is 7.81. The number of nitro groups is 1. The molecule has 11 nitrogen and oxygen atoms in total. The van der Waals surface area contributed by atoms with E-state index in [-0.39, 0.29) is 24.3 Å². The maximum atomic E-state index is 13.2. The van der Waals surface area contributed by atoms with Crippen LogP contribution in [0, 0.1) is 15.5 Å². The van der Waals surface area contributed by atoms with Crippen molar-refractivity contribution in [2.75, 3.05) is 7.11 Å². The van der Waals surface area contributed by atoms with Gasteiger partial charge in [-0.25, -0.2) is 4.79 Å². The number of rotatable bonds is 9. The molecule has 178 valence electrons. The van der Waals surface area contributed by atoms with Gasteiger partial charge in [-0.3, -0.25) is 24.5 Å². The molecule has 0 aliphatic carbocycles. The SMILES string of the molecule is COC(=O)C(C)(C(=O)c1ccccc1)C1CC(=O)N1C(O)C(=O)OCc1ccc([N+](=O)[O-])cc1. The second kappa shape index (κ2) is 9.79. The Balaban J connectivity index is 1.77. The molecular formula is C23H22N2O9. The molecule has 1 N–H and O–H groups in total. The molecule has 1 aliphatic rings. The van der Waals surface area contributed by atoms with Crippen LogP contribution in [-0.4, -0.2) is 57.9 Å². The van der Waals surface area contributed by atoms with Crippen LogP contribution in [0.1, 0.15) is 29.3 Å². The summed E-state index contributed by atoms with van der Waals surface area (Å²) in [6.07, 6.45) is -2.34. The van der Waals surface area contributed by atoms with Crippen molar-refractivity contribution in [3.05, 3.63) is 75.8 Å². The van der Waals surface area contributed by atoms with Gasteiger partial charge >= 0.3 is 11.9 Å². The highest BCUT2D eigenvalue weighted by Crippen LogP contribution is 2.40. The molecule has 34 heavy (non-hydrogen) atoms. The highest BCUT2D eigenvalue weighted by Gasteiger charge is 2.60. The summed E-state index contributed by atoms with van der Waals surface area (Å²) in [6, 6.07) is 12.0. The van der Waals surface area contributed by atoms with E-state index in [1.807, 2.05) is 0 Å². The van der Waals surface area contributed by atoms with Crippen molar-refractivity contribution < 1.29 is 38.7 Å². The zero-order valence-electron chi connectivity index (χ0n) is 18.4. The van der Waals surface area contributed by atoms with E-state index < -0.39 is 46.2 Å². The maximum Gasteiger partial charge on any atom is 0.356 e. The second-order valence-electron chi connectivity index (χ2n) is 7.81. The number of Topliss-reactive ketones (excluding diaryl/α,β-unsaturated/α-hetero) is 1. The van der Waals surface area contributed by atoms with E-state index in [9.17, 15) is 34.4 Å². The van der Waals surface area contributed by atoms with Crippen LogP contribution in [0.25, 0.3) is 0 Å². The van der Waals surface area contributed by atoms with E-state index in [0.717, 1.165) is 12.0 Å². The molecule has 0 radical (unpaired) electrons. The van der Waals surface area contributed by atoms with Crippen molar-refractivity contribution in [3.63, 3.8) is 0 Å². The van der Waals surface area contributed by atoms with Crippen molar-refractivity contribution in [2.45, 2.75) is 32.2 Å². The number of methoxy groups -OCH3 is 1. The number of ketones is 1. The quantitative estimate of drug-likeness (QED) is 0.144.